The highest BCUT2D eigenvalue weighted by atomic mass is 16.3. The first-order chi connectivity index (χ1) is 13.5. The maximum Gasteiger partial charge on any atom is 0.252 e. The maximum absolute atomic E-state index is 9.86. The van der Waals surface area contributed by atoms with Gasteiger partial charge in [0.15, 0.2) is 5.82 Å². The number of aliphatic hydroxyl groups excluding tert-OH is 1. The van der Waals surface area contributed by atoms with Gasteiger partial charge in [0.25, 0.3) is 5.78 Å². The summed E-state index contributed by atoms with van der Waals surface area (Å²) >= 11 is 0. The van der Waals surface area contributed by atoms with Crippen LogP contribution in [0.1, 0.15) is 30.0 Å². The number of aromatic nitrogens is 6. The third-order valence-electron chi connectivity index (χ3n) is 4.62. The van der Waals surface area contributed by atoms with Gasteiger partial charge in [0.2, 0.25) is 0 Å². The molecule has 3 heterocycles. The minimum Gasteiger partial charge on any atom is -0.392 e. The molecule has 0 aliphatic carbocycles. The average molecular weight is 376 g/mol. The summed E-state index contributed by atoms with van der Waals surface area (Å²) in [7, 11) is 0. The van der Waals surface area contributed by atoms with Crippen molar-refractivity contribution in [2.45, 2.75) is 46.3 Å². The van der Waals surface area contributed by atoms with Crippen LogP contribution < -0.4 is 0 Å². The molecule has 1 atom stereocenters. The van der Waals surface area contributed by atoms with Gasteiger partial charge in [0, 0.05) is 42.5 Å². The number of imidazole rings is 1. The summed E-state index contributed by atoms with van der Waals surface area (Å²) in [6.07, 6.45) is 2.91. The Morgan fingerprint density at radius 2 is 1.82 bits per heavy atom. The van der Waals surface area contributed by atoms with Gasteiger partial charge < -0.3 is 9.67 Å². The molecule has 0 amide bonds. The van der Waals surface area contributed by atoms with E-state index >= 15 is 0 Å². The Balaban J connectivity index is 1.60. The lowest BCUT2D eigenvalue weighted by atomic mass is 10.2. The SMILES string of the molecule is Cc1cc(C)n2nc(CCc3nc(-c4ccccc4)cn3C[C@H](C)O)nc2n1. The summed E-state index contributed by atoms with van der Waals surface area (Å²) in [4.78, 5) is 13.8. The van der Waals surface area contributed by atoms with Crippen molar-refractivity contribution in [3.05, 3.63) is 65.6 Å². The van der Waals surface area contributed by atoms with Crippen LogP contribution in [-0.2, 0) is 19.4 Å². The highest BCUT2D eigenvalue weighted by molar-refractivity contribution is 5.58. The lowest BCUT2D eigenvalue weighted by molar-refractivity contribution is 0.172. The fourth-order valence-electron chi connectivity index (χ4n) is 3.38. The van der Waals surface area contributed by atoms with E-state index in [1.165, 1.54) is 0 Å². The van der Waals surface area contributed by atoms with E-state index in [0.717, 1.165) is 34.3 Å². The molecule has 0 radical (unpaired) electrons. The largest absolute Gasteiger partial charge is 0.392 e. The van der Waals surface area contributed by atoms with Crippen molar-refractivity contribution in [3.63, 3.8) is 0 Å². The molecular weight excluding hydrogens is 352 g/mol. The average Bonchev–Trinajstić information content (AvgIpc) is 3.24. The fourth-order valence-corrected chi connectivity index (χ4v) is 3.38. The van der Waals surface area contributed by atoms with Crippen LogP contribution >= 0.6 is 0 Å². The topological polar surface area (TPSA) is 81.1 Å². The zero-order valence-corrected chi connectivity index (χ0v) is 16.4. The fraction of sp³-hybridized carbons (Fsp3) is 0.333. The normalized spacial score (nSPS) is 12.6. The molecule has 4 aromatic rings. The number of aryl methyl sites for hydroxylation is 4. The molecule has 1 N–H and O–H groups in total. The first-order valence-electron chi connectivity index (χ1n) is 9.49. The van der Waals surface area contributed by atoms with Crippen molar-refractivity contribution in [2.24, 2.45) is 0 Å². The maximum atomic E-state index is 9.86. The van der Waals surface area contributed by atoms with Gasteiger partial charge >= 0.3 is 0 Å². The number of fused-ring (bicyclic) bond motifs is 1. The number of rotatable bonds is 6. The van der Waals surface area contributed by atoms with Crippen LogP contribution in [0, 0.1) is 13.8 Å². The Kier molecular flexibility index (Phi) is 4.92. The van der Waals surface area contributed by atoms with Crippen LogP contribution in [-0.4, -0.2) is 40.3 Å². The van der Waals surface area contributed by atoms with Crippen molar-refractivity contribution in [1.82, 2.24) is 29.1 Å². The van der Waals surface area contributed by atoms with Gasteiger partial charge in [-0.2, -0.15) is 4.98 Å². The number of hydrogen-bond acceptors (Lipinski definition) is 5. The zero-order chi connectivity index (χ0) is 19.7. The molecule has 28 heavy (non-hydrogen) atoms. The second-order valence-corrected chi connectivity index (χ2v) is 7.19. The zero-order valence-electron chi connectivity index (χ0n) is 16.4. The van der Waals surface area contributed by atoms with Crippen molar-refractivity contribution < 1.29 is 5.11 Å². The highest BCUT2D eigenvalue weighted by Crippen LogP contribution is 2.19. The van der Waals surface area contributed by atoms with Crippen molar-refractivity contribution in [3.8, 4) is 11.3 Å². The molecule has 0 aliphatic rings. The van der Waals surface area contributed by atoms with Gasteiger partial charge in [0.1, 0.15) is 5.82 Å². The monoisotopic (exact) mass is 376 g/mol. The molecule has 3 aromatic heterocycles. The molecule has 0 spiro atoms. The van der Waals surface area contributed by atoms with Gasteiger partial charge in [-0.25, -0.2) is 14.5 Å². The lowest BCUT2D eigenvalue weighted by Crippen LogP contribution is -2.14. The van der Waals surface area contributed by atoms with Gasteiger partial charge in [-0.1, -0.05) is 30.3 Å². The Labute approximate surface area is 163 Å². The molecule has 0 unspecified atom stereocenters. The summed E-state index contributed by atoms with van der Waals surface area (Å²) in [5.41, 5.74) is 3.92. The van der Waals surface area contributed by atoms with Crippen molar-refractivity contribution in [1.29, 1.82) is 0 Å². The van der Waals surface area contributed by atoms with Crippen LogP contribution in [0.4, 0.5) is 0 Å². The molecule has 0 bridgehead atoms. The van der Waals surface area contributed by atoms with Crippen LogP contribution in [0.5, 0.6) is 0 Å². The Hall–Kier alpha value is -3.06. The van der Waals surface area contributed by atoms with Crippen molar-refractivity contribution >= 4 is 5.78 Å². The van der Waals surface area contributed by atoms with Crippen molar-refractivity contribution in [2.75, 3.05) is 0 Å². The third kappa shape index (κ3) is 3.80. The van der Waals surface area contributed by atoms with E-state index < -0.39 is 6.10 Å². The Bertz CT molecular complexity index is 1100. The third-order valence-corrected chi connectivity index (χ3v) is 4.62. The molecule has 144 valence electrons. The molecular formula is C21H24N6O. The van der Waals surface area contributed by atoms with E-state index in [0.29, 0.717) is 25.2 Å². The van der Waals surface area contributed by atoms with E-state index in [4.69, 9.17) is 4.98 Å². The smallest absolute Gasteiger partial charge is 0.252 e. The van der Waals surface area contributed by atoms with E-state index in [-0.39, 0.29) is 0 Å². The van der Waals surface area contributed by atoms with Gasteiger partial charge in [0.05, 0.1) is 11.8 Å². The number of nitrogens with zero attached hydrogens (tertiary/aromatic N) is 6. The number of aliphatic hydroxyl groups is 1. The summed E-state index contributed by atoms with van der Waals surface area (Å²) < 4.78 is 3.80. The number of benzene rings is 1. The number of hydrogen-bond donors (Lipinski definition) is 1. The molecule has 7 nitrogen and oxygen atoms in total. The quantitative estimate of drug-likeness (QED) is 0.560. The van der Waals surface area contributed by atoms with Crippen LogP contribution in [0.2, 0.25) is 0 Å². The Morgan fingerprint density at radius 1 is 1.04 bits per heavy atom. The van der Waals surface area contributed by atoms with Gasteiger partial charge in [-0.15, -0.1) is 5.10 Å². The van der Waals surface area contributed by atoms with E-state index in [9.17, 15) is 5.11 Å². The summed E-state index contributed by atoms with van der Waals surface area (Å²) in [5.74, 6) is 2.29. The molecule has 4 rings (SSSR count). The molecule has 0 aliphatic heterocycles. The summed E-state index contributed by atoms with van der Waals surface area (Å²) in [5, 5.41) is 14.4. The minimum atomic E-state index is -0.445. The van der Waals surface area contributed by atoms with E-state index in [1.54, 1.807) is 11.4 Å². The molecule has 1 aromatic carbocycles. The summed E-state index contributed by atoms with van der Waals surface area (Å²) in [6.45, 7) is 6.25. The highest BCUT2D eigenvalue weighted by Gasteiger charge is 2.14. The van der Waals surface area contributed by atoms with E-state index in [2.05, 4.69) is 15.1 Å². The van der Waals surface area contributed by atoms with Crippen LogP contribution in [0.15, 0.2) is 42.6 Å². The van der Waals surface area contributed by atoms with Crippen LogP contribution in [0.25, 0.3) is 17.0 Å². The standard InChI is InChI=1S/C21H24N6O/c1-14-11-15(2)27-21(22-14)24-19(25-27)9-10-20-23-18(13-26(20)12-16(3)28)17-7-5-4-6-8-17/h4-8,11,13,16,28H,9-10,12H2,1-3H3/t16-/m0/s1. The second kappa shape index (κ2) is 7.52. The molecule has 7 heteroatoms. The van der Waals surface area contributed by atoms with Crippen LogP contribution in [0.3, 0.4) is 0 Å². The minimum absolute atomic E-state index is 0.445. The Morgan fingerprint density at radius 3 is 2.57 bits per heavy atom. The first kappa shape index (κ1) is 18.3. The summed E-state index contributed by atoms with van der Waals surface area (Å²) in [6, 6.07) is 12.1. The molecule has 0 saturated carbocycles. The lowest BCUT2D eigenvalue weighted by Gasteiger charge is -2.08. The molecule has 0 saturated heterocycles. The second-order valence-electron chi connectivity index (χ2n) is 7.19. The van der Waals surface area contributed by atoms with Gasteiger partial charge in [-0.05, 0) is 26.8 Å². The molecule has 0 fully saturated rings. The predicted molar refractivity (Wildman–Crippen MR) is 107 cm³/mol. The van der Waals surface area contributed by atoms with E-state index in [1.807, 2.05) is 61.0 Å². The predicted octanol–water partition coefficient (Wildman–Crippen LogP) is 2.77. The van der Waals surface area contributed by atoms with Gasteiger partial charge in [-0.3, -0.25) is 0 Å². The first-order valence-corrected chi connectivity index (χ1v) is 9.49.